The van der Waals surface area contributed by atoms with E-state index in [1.165, 1.54) is 5.17 Å². The Morgan fingerprint density at radius 2 is 1.96 bits per heavy atom. The van der Waals surface area contributed by atoms with Crippen LogP contribution in [0.3, 0.4) is 0 Å². The Kier molecular flexibility index (Phi) is 5.86. The highest BCUT2D eigenvalue weighted by atomic mass is 32.2. The van der Waals surface area contributed by atoms with Gasteiger partial charge in [0.05, 0.1) is 19.7 Å². The second-order valence-electron chi connectivity index (χ2n) is 6.47. The minimum absolute atomic E-state index is 0.0276. The van der Waals surface area contributed by atoms with Crippen molar-refractivity contribution < 1.29 is 9.53 Å². The Balaban J connectivity index is 1.49. The molecule has 0 radical (unpaired) electrons. The van der Waals surface area contributed by atoms with E-state index in [4.69, 9.17) is 4.74 Å². The van der Waals surface area contributed by atoms with Crippen LogP contribution in [-0.2, 0) is 4.79 Å². The molecular weight excluding hydrogens is 336 g/mol. The highest BCUT2D eigenvalue weighted by molar-refractivity contribution is 8.14. The van der Waals surface area contributed by atoms with E-state index < -0.39 is 0 Å². The number of methoxy groups -OCH3 is 1. The van der Waals surface area contributed by atoms with Gasteiger partial charge in [-0.05, 0) is 31.2 Å². The van der Waals surface area contributed by atoms with Crippen LogP contribution >= 0.6 is 11.8 Å². The summed E-state index contributed by atoms with van der Waals surface area (Å²) in [5, 5.41) is 4.74. The number of ether oxygens (including phenoxy) is 1. The largest absolute Gasteiger partial charge is 0.497 e. The molecule has 1 aromatic carbocycles. The standard InChI is InChI=1S/C18H26N4O2S/c1-13-12-19-18(25-13)22-10-8-21(9-11-22)14(2)17(23)20-15-4-6-16(24-3)7-5-15/h4-7,13-14H,8-12H2,1-3H3,(H,20,23)/t13-,14+/m0/s1. The van der Waals surface area contributed by atoms with E-state index in [1.54, 1.807) is 7.11 Å². The zero-order chi connectivity index (χ0) is 17.8. The summed E-state index contributed by atoms with van der Waals surface area (Å²) < 4.78 is 5.14. The van der Waals surface area contributed by atoms with E-state index >= 15 is 0 Å². The Morgan fingerprint density at radius 3 is 2.52 bits per heavy atom. The molecule has 0 spiro atoms. The molecule has 6 nitrogen and oxygen atoms in total. The number of rotatable bonds is 4. The number of thioether (sulfide) groups is 1. The monoisotopic (exact) mass is 362 g/mol. The van der Waals surface area contributed by atoms with Crippen molar-refractivity contribution in [1.29, 1.82) is 0 Å². The topological polar surface area (TPSA) is 57.2 Å². The smallest absolute Gasteiger partial charge is 0.241 e. The first-order valence-corrected chi connectivity index (χ1v) is 9.60. The number of aliphatic imine (C=N–C) groups is 1. The average Bonchev–Trinajstić information content (AvgIpc) is 3.08. The van der Waals surface area contributed by atoms with Crippen LogP contribution in [0.25, 0.3) is 0 Å². The molecule has 1 N–H and O–H groups in total. The van der Waals surface area contributed by atoms with Crippen LogP contribution in [0.4, 0.5) is 5.69 Å². The van der Waals surface area contributed by atoms with Crippen LogP contribution in [0, 0.1) is 0 Å². The number of hydrogen-bond donors (Lipinski definition) is 1. The van der Waals surface area contributed by atoms with Crippen molar-refractivity contribution in [2.24, 2.45) is 4.99 Å². The number of anilines is 1. The molecule has 1 amide bonds. The van der Waals surface area contributed by atoms with Gasteiger partial charge in [-0.1, -0.05) is 18.7 Å². The van der Waals surface area contributed by atoms with Crippen LogP contribution in [-0.4, -0.2) is 72.0 Å². The minimum Gasteiger partial charge on any atom is -0.497 e. The summed E-state index contributed by atoms with van der Waals surface area (Å²) in [7, 11) is 1.63. The van der Waals surface area contributed by atoms with Crippen LogP contribution < -0.4 is 10.1 Å². The van der Waals surface area contributed by atoms with Gasteiger partial charge in [0.1, 0.15) is 5.75 Å². The highest BCUT2D eigenvalue weighted by Crippen LogP contribution is 2.24. The molecule has 1 aromatic rings. The molecule has 0 saturated carbocycles. The first-order valence-electron chi connectivity index (χ1n) is 8.72. The Bertz CT molecular complexity index is 626. The summed E-state index contributed by atoms with van der Waals surface area (Å²) in [6.45, 7) is 8.72. The lowest BCUT2D eigenvalue weighted by molar-refractivity contribution is -0.121. The predicted octanol–water partition coefficient (Wildman–Crippen LogP) is 2.13. The second-order valence-corrected chi connectivity index (χ2v) is 7.87. The normalized spacial score (nSPS) is 22.4. The first-order chi connectivity index (χ1) is 12.1. The van der Waals surface area contributed by atoms with Crippen molar-refractivity contribution in [1.82, 2.24) is 9.80 Å². The Hall–Kier alpha value is -1.73. The van der Waals surface area contributed by atoms with Crippen molar-refractivity contribution in [3.8, 4) is 5.75 Å². The molecule has 2 aliphatic heterocycles. The molecule has 2 aliphatic rings. The molecule has 3 rings (SSSR count). The van der Waals surface area contributed by atoms with Gasteiger partial charge in [0.2, 0.25) is 5.91 Å². The van der Waals surface area contributed by atoms with Gasteiger partial charge in [-0.2, -0.15) is 0 Å². The lowest BCUT2D eigenvalue weighted by Gasteiger charge is -2.38. The number of piperazine rings is 1. The fourth-order valence-corrected chi connectivity index (χ4v) is 4.01. The van der Waals surface area contributed by atoms with E-state index in [0.717, 1.165) is 44.2 Å². The van der Waals surface area contributed by atoms with Gasteiger partial charge in [-0.3, -0.25) is 14.7 Å². The van der Waals surface area contributed by atoms with Gasteiger partial charge in [0.25, 0.3) is 0 Å². The van der Waals surface area contributed by atoms with Crippen molar-refractivity contribution in [2.45, 2.75) is 25.1 Å². The second kappa shape index (κ2) is 8.10. The van der Waals surface area contributed by atoms with E-state index in [9.17, 15) is 4.79 Å². The zero-order valence-corrected chi connectivity index (χ0v) is 15.9. The fourth-order valence-electron chi connectivity index (χ4n) is 3.02. The van der Waals surface area contributed by atoms with E-state index in [2.05, 4.69) is 27.0 Å². The predicted molar refractivity (Wildman–Crippen MR) is 104 cm³/mol. The third kappa shape index (κ3) is 4.46. The molecule has 0 aromatic heterocycles. The molecule has 25 heavy (non-hydrogen) atoms. The molecule has 2 atom stereocenters. The van der Waals surface area contributed by atoms with Crippen LogP contribution in [0.5, 0.6) is 5.75 Å². The maximum absolute atomic E-state index is 12.5. The molecule has 136 valence electrons. The van der Waals surface area contributed by atoms with Crippen LogP contribution in [0.15, 0.2) is 29.3 Å². The van der Waals surface area contributed by atoms with E-state index in [-0.39, 0.29) is 11.9 Å². The van der Waals surface area contributed by atoms with Crippen LogP contribution in [0.2, 0.25) is 0 Å². The van der Waals surface area contributed by atoms with Gasteiger partial charge in [0, 0.05) is 37.1 Å². The third-order valence-corrected chi connectivity index (χ3v) is 5.81. The van der Waals surface area contributed by atoms with E-state index in [1.807, 2.05) is 43.0 Å². The molecule has 0 aliphatic carbocycles. The number of hydrogen-bond acceptors (Lipinski definition) is 6. The molecule has 1 fully saturated rings. The van der Waals surface area contributed by atoms with Crippen molar-refractivity contribution in [3.05, 3.63) is 24.3 Å². The zero-order valence-electron chi connectivity index (χ0n) is 15.1. The molecule has 2 heterocycles. The summed E-state index contributed by atoms with van der Waals surface area (Å²) in [4.78, 5) is 21.7. The van der Waals surface area contributed by atoms with Gasteiger partial charge >= 0.3 is 0 Å². The summed E-state index contributed by atoms with van der Waals surface area (Å²) in [5.41, 5.74) is 0.794. The van der Waals surface area contributed by atoms with Crippen molar-refractivity contribution in [2.75, 3.05) is 45.2 Å². The maximum Gasteiger partial charge on any atom is 0.241 e. The summed E-state index contributed by atoms with van der Waals surface area (Å²) in [6, 6.07) is 7.26. The van der Waals surface area contributed by atoms with Gasteiger partial charge in [-0.25, -0.2) is 0 Å². The minimum atomic E-state index is -0.152. The lowest BCUT2D eigenvalue weighted by atomic mass is 10.2. The van der Waals surface area contributed by atoms with Crippen LogP contribution in [0.1, 0.15) is 13.8 Å². The van der Waals surface area contributed by atoms with Crippen molar-refractivity contribution >= 4 is 28.5 Å². The van der Waals surface area contributed by atoms with Gasteiger partial charge in [-0.15, -0.1) is 0 Å². The number of carbonyl (C=O) groups excluding carboxylic acids is 1. The number of carbonyl (C=O) groups is 1. The number of nitrogens with zero attached hydrogens (tertiary/aromatic N) is 3. The molecule has 1 saturated heterocycles. The molecule has 0 bridgehead atoms. The van der Waals surface area contributed by atoms with Gasteiger partial charge in [0.15, 0.2) is 5.17 Å². The number of benzene rings is 1. The SMILES string of the molecule is COc1ccc(NC(=O)[C@@H](C)N2CCN(C3=NC[C@H](C)S3)CC2)cc1. The highest BCUT2D eigenvalue weighted by Gasteiger charge is 2.28. The number of nitrogens with one attached hydrogen (secondary N) is 1. The third-order valence-electron chi connectivity index (χ3n) is 4.66. The van der Waals surface area contributed by atoms with E-state index in [0.29, 0.717) is 5.25 Å². The lowest BCUT2D eigenvalue weighted by Crippen LogP contribution is -2.53. The quantitative estimate of drug-likeness (QED) is 0.889. The van der Waals surface area contributed by atoms with Gasteiger partial charge < -0.3 is 15.0 Å². The van der Waals surface area contributed by atoms with Crippen molar-refractivity contribution in [3.63, 3.8) is 0 Å². The first kappa shape index (κ1) is 18.1. The number of amidine groups is 1. The molecular formula is C18H26N4O2S. The average molecular weight is 362 g/mol. The maximum atomic E-state index is 12.5. The Morgan fingerprint density at radius 1 is 1.28 bits per heavy atom. The number of amides is 1. The molecule has 0 unspecified atom stereocenters. The summed E-state index contributed by atoms with van der Waals surface area (Å²) in [5.74, 6) is 0.809. The molecule has 7 heteroatoms. The fraction of sp³-hybridized carbons (Fsp3) is 0.556. The Labute approximate surface area is 153 Å². The summed E-state index contributed by atoms with van der Waals surface area (Å²) in [6.07, 6.45) is 0. The summed E-state index contributed by atoms with van der Waals surface area (Å²) >= 11 is 1.86.